The molecule has 37 heavy (non-hydrogen) atoms. The maximum Gasteiger partial charge on any atom is 0.246 e. The molecular formula is C27H35ClN2O6S. The highest BCUT2D eigenvalue weighted by Gasteiger charge is 2.44. The van der Waals surface area contributed by atoms with E-state index >= 15 is 0 Å². The third-order valence-electron chi connectivity index (χ3n) is 7.21. The summed E-state index contributed by atoms with van der Waals surface area (Å²) in [5.41, 5.74) is -0.675. The average Bonchev–Trinajstić information content (AvgIpc) is 2.93. The second-order valence-corrected chi connectivity index (χ2v) is 12.2. The number of rotatable bonds is 9. The molecule has 2 aliphatic heterocycles. The van der Waals surface area contributed by atoms with Crippen LogP contribution in [-0.2, 0) is 14.8 Å². The Balaban J connectivity index is 1.62. The van der Waals surface area contributed by atoms with Crippen LogP contribution in [0.3, 0.4) is 0 Å². The van der Waals surface area contributed by atoms with E-state index in [1.54, 1.807) is 36.4 Å². The van der Waals surface area contributed by atoms with Crippen molar-refractivity contribution in [2.24, 2.45) is 5.41 Å². The second kappa shape index (κ2) is 11.9. The first-order chi connectivity index (χ1) is 17.8. The average molecular weight is 551 g/mol. The quantitative estimate of drug-likeness (QED) is 0.453. The molecule has 2 aromatic carbocycles. The summed E-state index contributed by atoms with van der Waals surface area (Å²) < 4.78 is 46.0. The molecule has 2 fully saturated rings. The Labute approximate surface area is 224 Å². The highest BCUT2D eigenvalue weighted by molar-refractivity contribution is 7.89. The Bertz CT molecular complexity index is 1180. The van der Waals surface area contributed by atoms with Crippen LogP contribution in [0, 0.1) is 5.41 Å². The van der Waals surface area contributed by atoms with Crippen LogP contribution in [0.1, 0.15) is 38.5 Å². The van der Waals surface area contributed by atoms with Gasteiger partial charge in [0, 0.05) is 49.1 Å². The first-order valence-electron chi connectivity index (χ1n) is 12.6. The fourth-order valence-corrected chi connectivity index (χ4v) is 7.04. The molecule has 4 rings (SSSR count). The zero-order valence-electron chi connectivity index (χ0n) is 21.4. The summed E-state index contributed by atoms with van der Waals surface area (Å²) >= 11 is 6.02. The lowest BCUT2D eigenvalue weighted by molar-refractivity contribution is -0.136. The van der Waals surface area contributed by atoms with Gasteiger partial charge in [-0.05, 0) is 68.5 Å². The van der Waals surface area contributed by atoms with Crippen molar-refractivity contribution in [1.29, 1.82) is 0 Å². The van der Waals surface area contributed by atoms with Gasteiger partial charge in [-0.25, -0.2) is 8.42 Å². The van der Waals surface area contributed by atoms with Crippen molar-refractivity contribution >= 4 is 27.5 Å². The standard InChI is InChI=1S/C27H35ClN2O6S/c1-34-23-11-12-24(35-2)25(17-23)37(32,33)30-16-6-13-27(19-30,18-26(31)29-14-4-3-5-15-29)20-36-22-9-7-21(28)8-10-22/h7-12,17H,3-6,13-16,18-20H2,1-2H3/t27-/m1/s1. The maximum atomic E-state index is 13.9. The van der Waals surface area contributed by atoms with E-state index in [4.69, 9.17) is 25.8 Å². The lowest BCUT2D eigenvalue weighted by Gasteiger charge is -2.42. The smallest absolute Gasteiger partial charge is 0.246 e. The first-order valence-corrected chi connectivity index (χ1v) is 14.5. The fourth-order valence-electron chi connectivity index (χ4n) is 5.15. The van der Waals surface area contributed by atoms with Gasteiger partial charge in [0.1, 0.15) is 22.1 Å². The number of piperidine rings is 2. The van der Waals surface area contributed by atoms with Crippen LogP contribution in [0.15, 0.2) is 47.4 Å². The van der Waals surface area contributed by atoms with Gasteiger partial charge in [0.05, 0.1) is 20.8 Å². The number of sulfonamides is 1. The molecule has 1 atom stereocenters. The number of hydrogen-bond acceptors (Lipinski definition) is 6. The van der Waals surface area contributed by atoms with Crippen molar-refractivity contribution in [2.45, 2.75) is 43.4 Å². The predicted molar refractivity (Wildman–Crippen MR) is 142 cm³/mol. The highest BCUT2D eigenvalue weighted by atomic mass is 35.5. The second-order valence-electron chi connectivity index (χ2n) is 9.82. The summed E-state index contributed by atoms with van der Waals surface area (Å²) in [6.07, 6.45) is 4.64. The van der Waals surface area contributed by atoms with Crippen molar-refractivity contribution in [1.82, 2.24) is 9.21 Å². The van der Waals surface area contributed by atoms with E-state index in [9.17, 15) is 13.2 Å². The summed E-state index contributed by atoms with van der Waals surface area (Å²) in [4.78, 5) is 15.3. The van der Waals surface area contributed by atoms with Crippen LogP contribution < -0.4 is 14.2 Å². The number of amides is 1. The first kappa shape index (κ1) is 27.5. The topological polar surface area (TPSA) is 85.4 Å². The number of carbonyl (C=O) groups excluding carboxylic acids is 1. The molecular weight excluding hydrogens is 516 g/mol. The van der Waals surface area contributed by atoms with Gasteiger partial charge in [0.15, 0.2) is 0 Å². The van der Waals surface area contributed by atoms with E-state index < -0.39 is 15.4 Å². The van der Waals surface area contributed by atoms with E-state index in [1.807, 2.05) is 4.90 Å². The van der Waals surface area contributed by atoms with Gasteiger partial charge in [-0.15, -0.1) is 0 Å². The van der Waals surface area contributed by atoms with Crippen molar-refractivity contribution in [3.63, 3.8) is 0 Å². The van der Waals surface area contributed by atoms with Gasteiger partial charge in [0.2, 0.25) is 15.9 Å². The maximum absolute atomic E-state index is 13.9. The Kier molecular flexibility index (Phi) is 8.87. The number of ether oxygens (including phenoxy) is 3. The highest BCUT2D eigenvalue weighted by Crippen LogP contribution is 2.39. The van der Waals surface area contributed by atoms with Crippen molar-refractivity contribution < 1.29 is 27.4 Å². The lowest BCUT2D eigenvalue weighted by atomic mass is 9.78. The Morgan fingerprint density at radius 2 is 1.65 bits per heavy atom. The number of likely N-dealkylation sites (tertiary alicyclic amines) is 1. The minimum atomic E-state index is -3.93. The van der Waals surface area contributed by atoms with Gasteiger partial charge >= 0.3 is 0 Å². The van der Waals surface area contributed by atoms with Crippen LogP contribution >= 0.6 is 11.6 Å². The van der Waals surface area contributed by atoms with Crippen LogP contribution in [0.2, 0.25) is 5.02 Å². The Morgan fingerprint density at radius 3 is 2.32 bits per heavy atom. The third-order valence-corrected chi connectivity index (χ3v) is 9.33. The molecule has 0 aliphatic carbocycles. The molecule has 10 heteroatoms. The number of hydrogen-bond donors (Lipinski definition) is 0. The Hall–Kier alpha value is -2.49. The van der Waals surface area contributed by atoms with Gasteiger partial charge in [-0.3, -0.25) is 4.79 Å². The predicted octanol–water partition coefficient (Wildman–Crippen LogP) is 4.61. The summed E-state index contributed by atoms with van der Waals surface area (Å²) in [5, 5.41) is 0.601. The van der Waals surface area contributed by atoms with Crippen molar-refractivity contribution in [2.75, 3.05) is 47.0 Å². The molecule has 0 radical (unpaired) electrons. The molecule has 2 aromatic rings. The van der Waals surface area contributed by atoms with E-state index in [0.717, 1.165) is 32.4 Å². The molecule has 0 spiro atoms. The van der Waals surface area contributed by atoms with Crippen LogP contribution in [0.4, 0.5) is 0 Å². The molecule has 0 aromatic heterocycles. The summed E-state index contributed by atoms with van der Waals surface area (Å²) in [5.74, 6) is 1.36. The van der Waals surface area contributed by atoms with Crippen LogP contribution in [-0.4, -0.2) is 70.5 Å². The number of halogens is 1. The van der Waals surface area contributed by atoms with Gasteiger partial charge < -0.3 is 19.1 Å². The van der Waals surface area contributed by atoms with Gasteiger partial charge in [-0.2, -0.15) is 4.31 Å². The minimum Gasteiger partial charge on any atom is -0.497 e. The normalized spacial score (nSPS) is 20.9. The van der Waals surface area contributed by atoms with Crippen LogP contribution in [0.25, 0.3) is 0 Å². The molecule has 2 heterocycles. The van der Waals surface area contributed by atoms with E-state index in [2.05, 4.69) is 0 Å². The SMILES string of the molecule is COc1ccc(OC)c(S(=O)(=O)N2CCC[C@@](COc3ccc(Cl)cc3)(CC(=O)N3CCCCC3)C2)c1. The van der Waals surface area contributed by atoms with E-state index in [-0.39, 0.29) is 36.1 Å². The van der Waals surface area contributed by atoms with Crippen molar-refractivity contribution in [3.05, 3.63) is 47.5 Å². The Morgan fingerprint density at radius 1 is 0.946 bits per heavy atom. The molecule has 2 saturated heterocycles. The molecule has 0 saturated carbocycles. The molecule has 0 N–H and O–H groups in total. The largest absolute Gasteiger partial charge is 0.497 e. The lowest BCUT2D eigenvalue weighted by Crippen LogP contribution is -2.51. The molecule has 0 bridgehead atoms. The van der Waals surface area contributed by atoms with E-state index in [1.165, 1.54) is 24.6 Å². The third kappa shape index (κ3) is 6.51. The number of methoxy groups -OCH3 is 2. The molecule has 2 aliphatic rings. The summed E-state index contributed by atoms with van der Waals surface area (Å²) in [7, 11) is -0.994. The minimum absolute atomic E-state index is 0.0473. The summed E-state index contributed by atoms with van der Waals surface area (Å²) in [6, 6.07) is 11.8. The zero-order valence-corrected chi connectivity index (χ0v) is 23.0. The number of benzene rings is 2. The number of nitrogens with zero attached hydrogens (tertiary/aromatic N) is 2. The van der Waals surface area contributed by atoms with Gasteiger partial charge in [0.25, 0.3) is 0 Å². The number of carbonyl (C=O) groups is 1. The zero-order chi connectivity index (χ0) is 26.5. The monoisotopic (exact) mass is 550 g/mol. The van der Waals surface area contributed by atoms with Crippen LogP contribution in [0.5, 0.6) is 17.2 Å². The molecule has 1 amide bonds. The van der Waals surface area contributed by atoms with E-state index in [0.29, 0.717) is 35.9 Å². The van der Waals surface area contributed by atoms with Crippen molar-refractivity contribution in [3.8, 4) is 17.2 Å². The molecule has 0 unspecified atom stereocenters. The molecule has 202 valence electrons. The molecule has 8 nitrogen and oxygen atoms in total. The van der Waals surface area contributed by atoms with Gasteiger partial charge in [-0.1, -0.05) is 11.6 Å². The summed E-state index contributed by atoms with van der Waals surface area (Å²) in [6.45, 7) is 2.23. The fraction of sp³-hybridized carbons (Fsp3) is 0.519.